The molecule has 0 aliphatic carbocycles. The maximum Gasteiger partial charge on any atom is 0.334 e. The van der Waals surface area contributed by atoms with E-state index in [0.717, 1.165) is 5.56 Å². The molecule has 2 unspecified atom stereocenters. The number of amides is 1. The summed E-state index contributed by atoms with van der Waals surface area (Å²) in [4.78, 5) is 25.2. The molecule has 0 saturated carbocycles. The van der Waals surface area contributed by atoms with Crippen molar-refractivity contribution in [2.24, 2.45) is 0 Å². The summed E-state index contributed by atoms with van der Waals surface area (Å²) in [6, 6.07) is 8.03. The summed E-state index contributed by atoms with van der Waals surface area (Å²) in [7, 11) is 0. The topological polar surface area (TPSA) is 66.8 Å². The Morgan fingerprint density at radius 1 is 1.36 bits per heavy atom. The average molecular weight is 305 g/mol. The fourth-order valence-corrected chi connectivity index (χ4v) is 2.93. The van der Waals surface area contributed by atoms with Crippen molar-refractivity contribution in [3.8, 4) is 0 Å². The van der Waals surface area contributed by atoms with Crippen LogP contribution in [0.3, 0.4) is 0 Å². The van der Waals surface area contributed by atoms with Gasteiger partial charge < -0.3 is 14.7 Å². The van der Waals surface area contributed by atoms with Crippen molar-refractivity contribution >= 4 is 11.9 Å². The summed E-state index contributed by atoms with van der Waals surface area (Å²) in [5.41, 5.74) is 2.33. The minimum Gasteiger partial charge on any atom is -0.479 e. The van der Waals surface area contributed by atoms with Gasteiger partial charge in [0.15, 0.2) is 6.10 Å². The summed E-state index contributed by atoms with van der Waals surface area (Å²) in [5, 5.41) is 9.09. The number of nitrogens with zero attached hydrogens (tertiary/aromatic N) is 1. The van der Waals surface area contributed by atoms with Gasteiger partial charge >= 0.3 is 5.97 Å². The fraction of sp³-hybridized carbons (Fsp3) is 0.529. The summed E-state index contributed by atoms with van der Waals surface area (Å²) >= 11 is 0. The van der Waals surface area contributed by atoms with Crippen LogP contribution in [0.1, 0.15) is 37.3 Å². The van der Waals surface area contributed by atoms with Crippen LogP contribution in [-0.2, 0) is 14.3 Å². The van der Waals surface area contributed by atoms with E-state index in [1.165, 1.54) is 5.56 Å². The number of carboxylic acids is 1. The van der Waals surface area contributed by atoms with E-state index >= 15 is 0 Å². The monoisotopic (exact) mass is 305 g/mol. The number of aliphatic carboxylic acids is 1. The average Bonchev–Trinajstić information content (AvgIpc) is 2.46. The van der Waals surface area contributed by atoms with Gasteiger partial charge in [-0.2, -0.15) is 0 Å². The van der Waals surface area contributed by atoms with E-state index in [1.54, 1.807) is 11.8 Å². The molecule has 1 amide bonds. The van der Waals surface area contributed by atoms with E-state index in [1.807, 2.05) is 38.1 Å². The molecule has 0 spiro atoms. The molecule has 5 heteroatoms. The lowest BCUT2D eigenvalue weighted by molar-refractivity contribution is -0.166. The molecule has 1 saturated heterocycles. The van der Waals surface area contributed by atoms with Crippen LogP contribution in [0.15, 0.2) is 24.3 Å². The molecule has 0 bridgehead atoms. The van der Waals surface area contributed by atoms with Crippen LogP contribution in [0.25, 0.3) is 0 Å². The Hall–Kier alpha value is -1.88. The number of carboxylic acid groups (broad SMARTS) is 1. The van der Waals surface area contributed by atoms with Crippen molar-refractivity contribution < 1.29 is 19.4 Å². The van der Waals surface area contributed by atoms with E-state index in [9.17, 15) is 9.59 Å². The Morgan fingerprint density at radius 3 is 2.68 bits per heavy atom. The van der Waals surface area contributed by atoms with Gasteiger partial charge in [0.2, 0.25) is 5.91 Å². The lowest BCUT2D eigenvalue weighted by atomic mass is 9.93. The van der Waals surface area contributed by atoms with Crippen molar-refractivity contribution in [3.63, 3.8) is 0 Å². The number of carbonyl (C=O) groups excluding carboxylic acids is 1. The molecule has 120 valence electrons. The lowest BCUT2D eigenvalue weighted by Crippen LogP contribution is -2.51. The van der Waals surface area contributed by atoms with Crippen molar-refractivity contribution in [1.82, 2.24) is 4.90 Å². The van der Waals surface area contributed by atoms with E-state index in [-0.39, 0.29) is 24.5 Å². The first-order valence-corrected chi connectivity index (χ1v) is 7.60. The van der Waals surface area contributed by atoms with Crippen LogP contribution in [0.2, 0.25) is 0 Å². The fourth-order valence-electron chi connectivity index (χ4n) is 2.93. The van der Waals surface area contributed by atoms with E-state index in [0.29, 0.717) is 13.0 Å². The minimum atomic E-state index is -1.02. The predicted octanol–water partition coefficient (Wildman–Crippen LogP) is 2.19. The smallest absolute Gasteiger partial charge is 0.334 e. The molecule has 0 radical (unpaired) electrons. The van der Waals surface area contributed by atoms with Gasteiger partial charge in [-0.15, -0.1) is 0 Å². The van der Waals surface area contributed by atoms with Crippen molar-refractivity contribution in [1.29, 1.82) is 0 Å². The van der Waals surface area contributed by atoms with E-state index in [4.69, 9.17) is 9.84 Å². The molecule has 1 fully saturated rings. The SMILES string of the molecule is Cc1ccccc1C(C)CC(=O)N1CC(C(=O)O)O[C@H](C)C1. The Morgan fingerprint density at radius 2 is 2.05 bits per heavy atom. The van der Waals surface area contributed by atoms with Crippen LogP contribution in [-0.4, -0.2) is 47.2 Å². The number of morpholine rings is 1. The highest BCUT2D eigenvalue weighted by Gasteiger charge is 2.33. The van der Waals surface area contributed by atoms with Gasteiger partial charge in [-0.3, -0.25) is 4.79 Å². The number of hydrogen-bond donors (Lipinski definition) is 1. The lowest BCUT2D eigenvalue weighted by Gasteiger charge is -2.35. The third kappa shape index (κ3) is 3.85. The van der Waals surface area contributed by atoms with Crippen molar-refractivity contribution in [2.75, 3.05) is 13.1 Å². The predicted molar refractivity (Wildman–Crippen MR) is 82.8 cm³/mol. The zero-order valence-electron chi connectivity index (χ0n) is 13.3. The minimum absolute atomic E-state index is 0.0165. The number of ether oxygens (including phenoxy) is 1. The standard InChI is InChI=1S/C17H23NO4/c1-11-6-4-5-7-14(11)12(2)8-16(19)18-9-13(3)22-15(10-18)17(20)21/h4-7,12-13,15H,8-10H2,1-3H3,(H,20,21)/t12?,13-,15?/m1/s1. The molecule has 22 heavy (non-hydrogen) atoms. The van der Waals surface area contributed by atoms with Gasteiger partial charge in [-0.25, -0.2) is 4.79 Å². The van der Waals surface area contributed by atoms with Gasteiger partial charge in [0, 0.05) is 13.0 Å². The maximum atomic E-state index is 12.5. The number of carbonyl (C=O) groups is 2. The number of hydrogen-bond acceptors (Lipinski definition) is 3. The molecular formula is C17H23NO4. The molecule has 1 aliphatic heterocycles. The first-order chi connectivity index (χ1) is 10.4. The van der Waals surface area contributed by atoms with Crippen LogP contribution in [0.4, 0.5) is 0 Å². The Kier molecular flexibility index (Phi) is 5.19. The molecular weight excluding hydrogens is 282 g/mol. The van der Waals surface area contributed by atoms with Crippen molar-refractivity contribution in [2.45, 2.75) is 45.3 Å². The molecule has 1 aliphatic rings. The molecule has 1 heterocycles. The molecule has 1 aromatic carbocycles. The molecule has 1 aromatic rings. The van der Waals surface area contributed by atoms with Crippen LogP contribution >= 0.6 is 0 Å². The second kappa shape index (κ2) is 6.92. The normalized spacial score (nSPS) is 23.1. The van der Waals surface area contributed by atoms with Gasteiger partial charge in [0.05, 0.1) is 12.6 Å². The highest BCUT2D eigenvalue weighted by molar-refractivity contribution is 5.79. The Balaban J connectivity index is 2.02. The van der Waals surface area contributed by atoms with Gasteiger partial charge in [0.1, 0.15) is 0 Å². The van der Waals surface area contributed by atoms with Gasteiger partial charge in [-0.1, -0.05) is 31.2 Å². The molecule has 3 atom stereocenters. The first-order valence-electron chi connectivity index (χ1n) is 7.60. The Bertz CT molecular complexity index is 557. The first kappa shape index (κ1) is 16.5. The van der Waals surface area contributed by atoms with Crippen LogP contribution in [0.5, 0.6) is 0 Å². The molecule has 2 rings (SSSR count). The summed E-state index contributed by atoms with van der Waals surface area (Å²) in [6.45, 7) is 6.43. The van der Waals surface area contributed by atoms with E-state index < -0.39 is 12.1 Å². The number of aryl methyl sites for hydroxylation is 1. The summed E-state index contributed by atoms with van der Waals surface area (Å²) in [5.74, 6) is -0.927. The highest BCUT2D eigenvalue weighted by Crippen LogP contribution is 2.24. The summed E-state index contributed by atoms with van der Waals surface area (Å²) < 4.78 is 5.34. The van der Waals surface area contributed by atoms with Crippen molar-refractivity contribution in [3.05, 3.63) is 35.4 Å². The molecule has 5 nitrogen and oxygen atoms in total. The molecule has 0 aromatic heterocycles. The van der Waals surface area contributed by atoms with Crippen LogP contribution < -0.4 is 0 Å². The Labute approximate surface area is 130 Å². The highest BCUT2D eigenvalue weighted by atomic mass is 16.5. The molecule has 1 N–H and O–H groups in total. The summed E-state index contributed by atoms with van der Waals surface area (Å²) in [6.07, 6.45) is -0.807. The zero-order chi connectivity index (χ0) is 16.3. The van der Waals surface area contributed by atoms with Crippen LogP contribution in [0, 0.1) is 6.92 Å². The quantitative estimate of drug-likeness (QED) is 0.926. The second-order valence-corrected chi connectivity index (χ2v) is 6.03. The third-order valence-corrected chi connectivity index (χ3v) is 4.09. The second-order valence-electron chi connectivity index (χ2n) is 6.03. The number of rotatable bonds is 4. The number of benzene rings is 1. The van der Waals surface area contributed by atoms with Gasteiger partial charge in [-0.05, 0) is 30.9 Å². The van der Waals surface area contributed by atoms with E-state index in [2.05, 4.69) is 0 Å². The van der Waals surface area contributed by atoms with Gasteiger partial charge in [0.25, 0.3) is 0 Å². The largest absolute Gasteiger partial charge is 0.479 e. The maximum absolute atomic E-state index is 12.5. The third-order valence-electron chi connectivity index (χ3n) is 4.09. The zero-order valence-corrected chi connectivity index (χ0v) is 13.3.